The zero-order valence-electron chi connectivity index (χ0n) is 5.61. The van der Waals surface area contributed by atoms with Crippen LogP contribution in [-0.2, 0) is 6.54 Å². The van der Waals surface area contributed by atoms with Crippen molar-refractivity contribution in [2.45, 2.75) is 6.54 Å². The molecule has 11 heavy (non-hydrogen) atoms. The fourth-order valence-electron chi connectivity index (χ4n) is 0.642. The van der Waals surface area contributed by atoms with E-state index in [1.54, 1.807) is 6.07 Å². The largest absolute Gasteiger partial charge is 0.246 e. The first-order valence-electron chi connectivity index (χ1n) is 2.95. The van der Waals surface area contributed by atoms with Gasteiger partial charge in [-0.15, -0.1) is 0 Å². The second-order valence-electron chi connectivity index (χ2n) is 1.84. The summed E-state index contributed by atoms with van der Waals surface area (Å²) in [4.78, 5) is 6.69. The second kappa shape index (κ2) is 3.95. The molecule has 0 N–H and O–H groups in total. The summed E-state index contributed by atoms with van der Waals surface area (Å²) in [5, 5.41) is 3.38. The molecule has 1 rings (SSSR count). The van der Waals surface area contributed by atoms with Crippen LogP contribution in [0.2, 0.25) is 0 Å². The van der Waals surface area contributed by atoms with Crippen molar-refractivity contribution in [1.29, 1.82) is 0 Å². The lowest BCUT2D eigenvalue weighted by Crippen LogP contribution is -1.85. The van der Waals surface area contributed by atoms with Crippen LogP contribution in [0.5, 0.6) is 0 Å². The second-order valence-corrected chi connectivity index (χ2v) is 2.65. The van der Waals surface area contributed by atoms with Crippen molar-refractivity contribution in [2.24, 2.45) is 5.11 Å². The highest BCUT2D eigenvalue weighted by molar-refractivity contribution is 9.10. The van der Waals surface area contributed by atoms with Crippen LogP contribution in [0.1, 0.15) is 5.69 Å². The number of azide groups is 1. The van der Waals surface area contributed by atoms with E-state index >= 15 is 0 Å². The van der Waals surface area contributed by atoms with E-state index in [4.69, 9.17) is 5.53 Å². The van der Waals surface area contributed by atoms with Crippen LogP contribution >= 0.6 is 15.9 Å². The molecule has 4 nitrogen and oxygen atoms in total. The molecule has 1 aromatic heterocycles. The van der Waals surface area contributed by atoms with E-state index < -0.39 is 0 Å². The highest BCUT2D eigenvalue weighted by atomic mass is 79.9. The standard InChI is InChI=1S/C6H5BrN4/c7-6-3-1-2-5(10-6)4-9-11-8/h1-3H,4H2. The van der Waals surface area contributed by atoms with Gasteiger partial charge in [0.05, 0.1) is 6.54 Å². The summed E-state index contributed by atoms with van der Waals surface area (Å²) in [6.07, 6.45) is 0. The number of pyridine rings is 1. The van der Waals surface area contributed by atoms with Crippen molar-refractivity contribution in [3.05, 3.63) is 38.9 Å². The highest BCUT2D eigenvalue weighted by Crippen LogP contribution is 2.06. The molecule has 56 valence electrons. The van der Waals surface area contributed by atoms with Crippen molar-refractivity contribution in [1.82, 2.24) is 4.98 Å². The van der Waals surface area contributed by atoms with Crippen LogP contribution in [0.4, 0.5) is 0 Å². The molecule has 0 unspecified atom stereocenters. The van der Waals surface area contributed by atoms with E-state index in [2.05, 4.69) is 30.9 Å². The summed E-state index contributed by atoms with van der Waals surface area (Å²) in [5.74, 6) is 0. The van der Waals surface area contributed by atoms with Gasteiger partial charge in [-0.25, -0.2) is 4.98 Å². The third-order valence-corrected chi connectivity index (χ3v) is 1.51. The quantitative estimate of drug-likeness (QED) is 0.322. The third kappa shape index (κ3) is 2.57. The van der Waals surface area contributed by atoms with E-state index in [-0.39, 0.29) is 0 Å². The average molecular weight is 213 g/mol. The molecule has 0 aliphatic carbocycles. The van der Waals surface area contributed by atoms with Gasteiger partial charge in [0, 0.05) is 10.6 Å². The fourth-order valence-corrected chi connectivity index (χ4v) is 1.02. The lowest BCUT2D eigenvalue weighted by molar-refractivity contribution is 0.967. The zero-order valence-corrected chi connectivity index (χ0v) is 7.19. The number of halogens is 1. The van der Waals surface area contributed by atoms with Crippen LogP contribution < -0.4 is 0 Å². The van der Waals surface area contributed by atoms with E-state index in [1.807, 2.05) is 12.1 Å². The van der Waals surface area contributed by atoms with Gasteiger partial charge in [0.25, 0.3) is 0 Å². The third-order valence-electron chi connectivity index (χ3n) is 1.07. The molecule has 0 atom stereocenters. The van der Waals surface area contributed by atoms with Gasteiger partial charge in [0.2, 0.25) is 0 Å². The van der Waals surface area contributed by atoms with E-state index in [0.29, 0.717) is 6.54 Å². The smallest absolute Gasteiger partial charge is 0.106 e. The number of hydrogen-bond donors (Lipinski definition) is 0. The van der Waals surface area contributed by atoms with Gasteiger partial charge < -0.3 is 0 Å². The van der Waals surface area contributed by atoms with Crippen LogP contribution in [0.15, 0.2) is 27.9 Å². The van der Waals surface area contributed by atoms with Crippen molar-refractivity contribution in [3.63, 3.8) is 0 Å². The first-order chi connectivity index (χ1) is 5.33. The van der Waals surface area contributed by atoms with Crippen molar-refractivity contribution in [2.75, 3.05) is 0 Å². The normalized spacial score (nSPS) is 8.82. The van der Waals surface area contributed by atoms with Gasteiger partial charge in [-0.3, -0.25) is 0 Å². The summed E-state index contributed by atoms with van der Waals surface area (Å²) in [6, 6.07) is 5.47. The lowest BCUT2D eigenvalue weighted by Gasteiger charge is -1.93. The van der Waals surface area contributed by atoms with Crippen molar-refractivity contribution >= 4 is 15.9 Å². The first kappa shape index (κ1) is 8.04. The minimum absolute atomic E-state index is 0.302. The van der Waals surface area contributed by atoms with Gasteiger partial charge in [-0.05, 0) is 33.6 Å². The van der Waals surface area contributed by atoms with Crippen LogP contribution in [0.3, 0.4) is 0 Å². The Hall–Kier alpha value is -1.06. The molecule has 0 spiro atoms. The minimum atomic E-state index is 0.302. The predicted molar refractivity (Wildman–Crippen MR) is 44.8 cm³/mol. The van der Waals surface area contributed by atoms with Gasteiger partial charge >= 0.3 is 0 Å². The maximum atomic E-state index is 8.02. The lowest BCUT2D eigenvalue weighted by atomic mass is 10.4. The Balaban J connectivity index is 2.79. The molecular weight excluding hydrogens is 208 g/mol. The van der Waals surface area contributed by atoms with E-state index in [1.165, 1.54) is 0 Å². The summed E-state index contributed by atoms with van der Waals surface area (Å²) < 4.78 is 0.753. The Morgan fingerprint density at radius 2 is 2.45 bits per heavy atom. The fraction of sp³-hybridized carbons (Fsp3) is 0.167. The molecule has 0 aromatic carbocycles. The van der Waals surface area contributed by atoms with Gasteiger partial charge in [-0.1, -0.05) is 11.2 Å². The Morgan fingerprint density at radius 3 is 3.09 bits per heavy atom. The molecule has 1 aromatic rings. The molecule has 0 amide bonds. The van der Waals surface area contributed by atoms with Gasteiger partial charge in [0.1, 0.15) is 4.60 Å². The molecule has 5 heteroatoms. The number of rotatable bonds is 2. The highest BCUT2D eigenvalue weighted by Gasteiger charge is 1.91. The molecule has 0 fully saturated rings. The van der Waals surface area contributed by atoms with Crippen molar-refractivity contribution < 1.29 is 0 Å². The average Bonchev–Trinajstić information content (AvgIpc) is 2.01. The SMILES string of the molecule is [N-]=[N+]=NCc1cccc(Br)n1. The van der Waals surface area contributed by atoms with E-state index in [0.717, 1.165) is 10.3 Å². The number of hydrogen-bond acceptors (Lipinski definition) is 2. The van der Waals surface area contributed by atoms with E-state index in [9.17, 15) is 0 Å². The molecule has 1 heterocycles. The first-order valence-corrected chi connectivity index (χ1v) is 3.74. The van der Waals surface area contributed by atoms with Crippen LogP contribution in [0, 0.1) is 0 Å². The summed E-state index contributed by atoms with van der Waals surface area (Å²) in [5.41, 5.74) is 8.78. The minimum Gasteiger partial charge on any atom is -0.246 e. The molecule has 0 radical (unpaired) electrons. The summed E-state index contributed by atoms with van der Waals surface area (Å²) >= 11 is 3.21. The monoisotopic (exact) mass is 212 g/mol. The van der Waals surface area contributed by atoms with Crippen molar-refractivity contribution in [3.8, 4) is 0 Å². The molecular formula is C6H5BrN4. The summed E-state index contributed by atoms with van der Waals surface area (Å²) in [7, 11) is 0. The van der Waals surface area contributed by atoms with Crippen LogP contribution in [-0.4, -0.2) is 4.98 Å². The molecule has 0 bridgehead atoms. The number of aromatic nitrogens is 1. The Morgan fingerprint density at radius 1 is 1.64 bits per heavy atom. The molecule has 0 aliphatic rings. The van der Waals surface area contributed by atoms with Gasteiger partial charge in [0.15, 0.2) is 0 Å². The molecule has 0 aliphatic heterocycles. The predicted octanol–water partition coefficient (Wildman–Crippen LogP) is 2.65. The number of nitrogens with zero attached hydrogens (tertiary/aromatic N) is 4. The Bertz CT molecular complexity index is 292. The zero-order chi connectivity index (χ0) is 8.10. The molecule has 0 saturated heterocycles. The summed E-state index contributed by atoms with van der Waals surface area (Å²) in [6.45, 7) is 0.302. The Kier molecular flexibility index (Phi) is 2.89. The van der Waals surface area contributed by atoms with Crippen LogP contribution in [0.25, 0.3) is 10.4 Å². The Labute approximate surface area is 72.0 Å². The topological polar surface area (TPSA) is 61.7 Å². The van der Waals surface area contributed by atoms with Gasteiger partial charge in [-0.2, -0.15) is 0 Å². The maximum Gasteiger partial charge on any atom is 0.106 e. The molecule has 0 saturated carbocycles. The maximum absolute atomic E-state index is 8.02.